The summed E-state index contributed by atoms with van der Waals surface area (Å²) in [5.41, 5.74) is 1.03. The number of anilines is 1. The number of esters is 1. The van der Waals surface area contributed by atoms with Crippen LogP contribution in [0.15, 0.2) is 24.3 Å². The van der Waals surface area contributed by atoms with Crippen molar-refractivity contribution in [3.63, 3.8) is 0 Å². The highest BCUT2D eigenvalue weighted by molar-refractivity contribution is 6.52. The maximum atomic E-state index is 11.8. The van der Waals surface area contributed by atoms with Crippen molar-refractivity contribution >= 4 is 40.8 Å². The summed E-state index contributed by atoms with van der Waals surface area (Å²) in [5.74, 6) is -0.982. The first kappa shape index (κ1) is 15.1. The third-order valence-electron chi connectivity index (χ3n) is 2.87. The number of alkyl halides is 2. The highest BCUT2D eigenvalue weighted by atomic mass is 35.5. The average Bonchev–Trinajstić information content (AvgIpc) is 2.98. The topological polar surface area (TPSA) is 55.4 Å². The van der Waals surface area contributed by atoms with Crippen molar-refractivity contribution in [1.29, 1.82) is 0 Å². The number of hydrogen-bond acceptors (Lipinski definition) is 3. The van der Waals surface area contributed by atoms with E-state index in [1.165, 1.54) is 0 Å². The lowest BCUT2D eigenvalue weighted by Gasteiger charge is -2.09. The summed E-state index contributed by atoms with van der Waals surface area (Å²) in [5, 5.41) is 2.71. The van der Waals surface area contributed by atoms with E-state index in [4.69, 9.17) is 27.9 Å². The quantitative estimate of drug-likeness (QED) is 0.684. The molecule has 1 amide bonds. The van der Waals surface area contributed by atoms with Crippen molar-refractivity contribution in [2.24, 2.45) is 5.92 Å². The molecule has 0 saturated heterocycles. The molecule has 0 spiro atoms. The largest absolute Gasteiger partial charge is 0.459 e. The van der Waals surface area contributed by atoms with Gasteiger partial charge in [0.25, 0.3) is 0 Å². The van der Waals surface area contributed by atoms with Crippen molar-refractivity contribution in [3.8, 4) is 0 Å². The Kier molecular flexibility index (Phi) is 4.25. The molecule has 4 nitrogen and oxygen atoms in total. The second kappa shape index (κ2) is 5.62. The number of nitrogens with one attached hydrogen (secondary N) is 1. The fraction of sp³-hybridized carbons (Fsp3) is 0.429. The van der Waals surface area contributed by atoms with Crippen LogP contribution >= 0.6 is 23.2 Å². The number of carbonyl (C=O) groups is 2. The van der Waals surface area contributed by atoms with Crippen molar-refractivity contribution in [2.45, 2.75) is 30.7 Å². The molecule has 0 radical (unpaired) electrons. The summed E-state index contributed by atoms with van der Waals surface area (Å²) < 4.78 is 4.13. The van der Waals surface area contributed by atoms with Crippen LogP contribution in [0.3, 0.4) is 0 Å². The first-order valence-corrected chi connectivity index (χ1v) is 7.05. The van der Waals surface area contributed by atoms with Gasteiger partial charge in [-0.2, -0.15) is 0 Å². The Morgan fingerprint density at radius 2 is 1.85 bits per heavy atom. The zero-order valence-corrected chi connectivity index (χ0v) is 12.7. The molecular formula is C14H15Cl2NO3. The summed E-state index contributed by atoms with van der Waals surface area (Å²) in [4.78, 5) is 23.4. The minimum atomic E-state index is -0.939. The molecule has 108 valence electrons. The molecule has 1 saturated carbocycles. The van der Waals surface area contributed by atoms with Gasteiger partial charge in [0, 0.05) is 5.69 Å². The SMILES string of the molecule is CC(C)OC(=O)c1ccc(NC(=O)C2CC2(Cl)Cl)cc1. The van der Waals surface area contributed by atoms with Gasteiger partial charge in [-0.05, 0) is 44.5 Å². The lowest BCUT2D eigenvalue weighted by atomic mass is 10.2. The van der Waals surface area contributed by atoms with Crippen LogP contribution in [0.1, 0.15) is 30.6 Å². The van der Waals surface area contributed by atoms with Gasteiger partial charge in [-0.3, -0.25) is 4.79 Å². The van der Waals surface area contributed by atoms with Gasteiger partial charge in [0.15, 0.2) is 0 Å². The van der Waals surface area contributed by atoms with Crippen LogP contribution in [-0.2, 0) is 9.53 Å². The van der Waals surface area contributed by atoms with E-state index in [-0.39, 0.29) is 23.9 Å². The van der Waals surface area contributed by atoms with Gasteiger partial charge in [-0.25, -0.2) is 4.79 Å². The minimum Gasteiger partial charge on any atom is -0.459 e. The van der Waals surface area contributed by atoms with E-state index in [9.17, 15) is 9.59 Å². The Labute approximate surface area is 127 Å². The average molecular weight is 316 g/mol. The van der Waals surface area contributed by atoms with E-state index in [1.54, 1.807) is 38.1 Å². The fourth-order valence-corrected chi connectivity index (χ4v) is 2.21. The second-order valence-electron chi connectivity index (χ2n) is 5.04. The lowest BCUT2D eigenvalue weighted by molar-refractivity contribution is -0.117. The molecule has 0 aliphatic heterocycles. The van der Waals surface area contributed by atoms with E-state index >= 15 is 0 Å². The maximum absolute atomic E-state index is 11.8. The van der Waals surface area contributed by atoms with Gasteiger partial charge in [-0.15, -0.1) is 23.2 Å². The Morgan fingerprint density at radius 3 is 2.30 bits per heavy atom. The van der Waals surface area contributed by atoms with Gasteiger partial charge in [0.05, 0.1) is 17.6 Å². The van der Waals surface area contributed by atoms with Crippen molar-refractivity contribution in [3.05, 3.63) is 29.8 Å². The molecule has 0 heterocycles. The standard InChI is InChI=1S/C14H15Cl2NO3/c1-8(2)20-13(19)9-3-5-10(6-4-9)17-12(18)11-7-14(11,15)16/h3-6,8,11H,7H2,1-2H3,(H,17,18). The molecule has 1 unspecified atom stereocenters. The van der Waals surface area contributed by atoms with Crippen LogP contribution in [0, 0.1) is 5.92 Å². The third-order valence-corrected chi connectivity index (χ3v) is 3.71. The molecular weight excluding hydrogens is 301 g/mol. The summed E-state index contributed by atoms with van der Waals surface area (Å²) in [6.45, 7) is 3.57. The lowest BCUT2D eigenvalue weighted by Crippen LogP contribution is -2.17. The molecule has 1 aromatic carbocycles. The third kappa shape index (κ3) is 3.64. The van der Waals surface area contributed by atoms with Gasteiger partial charge in [0.1, 0.15) is 4.33 Å². The van der Waals surface area contributed by atoms with Crippen molar-refractivity contribution in [2.75, 3.05) is 5.32 Å². The van der Waals surface area contributed by atoms with Crippen molar-refractivity contribution < 1.29 is 14.3 Å². The summed E-state index contributed by atoms with van der Waals surface area (Å²) in [6, 6.07) is 6.48. The second-order valence-corrected chi connectivity index (χ2v) is 6.58. The van der Waals surface area contributed by atoms with Crippen LogP contribution in [0.25, 0.3) is 0 Å². The summed E-state index contributed by atoms with van der Waals surface area (Å²) in [7, 11) is 0. The van der Waals surface area contributed by atoms with Gasteiger partial charge in [-0.1, -0.05) is 0 Å². The predicted molar refractivity (Wildman–Crippen MR) is 78.2 cm³/mol. The minimum absolute atomic E-state index is 0.169. The number of rotatable bonds is 4. The molecule has 0 aromatic heterocycles. The van der Waals surface area contributed by atoms with E-state index in [2.05, 4.69) is 5.32 Å². The number of benzene rings is 1. The zero-order valence-electron chi connectivity index (χ0n) is 11.2. The summed E-state index contributed by atoms with van der Waals surface area (Å²) >= 11 is 11.7. The molecule has 20 heavy (non-hydrogen) atoms. The fourth-order valence-electron chi connectivity index (χ4n) is 1.70. The van der Waals surface area contributed by atoms with E-state index < -0.39 is 4.33 Å². The number of carbonyl (C=O) groups excluding carboxylic acids is 2. The molecule has 1 aromatic rings. The normalized spacial score (nSPS) is 19.6. The van der Waals surface area contributed by atoms with E-state index in [0.717, 1.165) is 0 Å². The molecule has 2 rings (SSSR count). The highest BCUT2D eigenvalue weighted by Crippen LogP contribution is 2.53. The molecule has 1 aliphatic rings. The number of amides is 1. The maximum Gasteiger partial charge on any atom is 0.338 e. The van der Waals surface area contributed by atoms with Gasteiger partial charge < -0.3 is 10.1 Å². The van der Waals surface area contributed by atoms with Crippen LogP contribution in [0.2, 0.25) is 0 Å². The molecule has 1 fully saturated rings. The van der Waals surface area contributed by atoms with Crippen LogP contribution in [-0.4, -0.2) is 22.3 Å². The summed E-state index contributed by atoms with van der Waals surface area (Å²) in [6.07, 6.45) is 0.290. The number of ether oxygens (including phenoxy) is 1. The monoisotopic (exact) mass is 315 g/mol. The molecule has 1 N–H and O–H groups in total. The van der Waals surface area contributed by atoms with Crippen LogP contribution in [0.4, 0.5) is 5.69 Å². The van der Waals surface area contributed by atoms with Gasteiger partial charge >= 0.3 is 5.97 Å². The smallest absolute Gasteiger partial charge is 0.338 e. The number of halogens is 2. The first-order chi connectivity index (χ1) is 9.29. The van der Waals surface area contributed by atoms with E-state index in [1.807, 2.05) is 0 Å². The Morgan fingerprint density at radius 1 is 1.30 bits per heavy atom. The molecule has 0 bridgehead atoms. The first-order valence-electron chi connectivity index (χ1n) is 6.29. The zero-order chi connectivity index (χ0) is 14.9. The Balaban J connectivity index is 1.95. The molecule has 1 atom stereocenters. The predicted octanol–water partition coefficient (Wildman–Crippen LogP) is 3.38. The molecule has 1 aliphatic carbocycles. The number of hydrogen-bond donors (Lipinski definition) is 1. The van der Waals surface area contributed by atoms with E-state index in [0.29, 0.717) is 17.7 Å². The van der Waals surface area contributed by atoms with Gasteiger partial charge in [0.2, 0.25) is 5.91 Å². The van der Waals surface area contributed by atoms with Crippen LogP contribution in [0.5, 0.6) is 0 Å². The van der Waals surface area contributed by atoms with Crippen molar-refractivity contribution in [1.82, 2.24) is 0 Å². The Hall–Kier alpha value is -1.26. The Bertz CT molecular complexity index is 526. The van der Waals surface area contributed by atoms with Crippen LogP contribution < -0.4 is 5.32 Å². The molecule has 6 heteroatoms. The highest BCUT2D eigenvalue weighted by Gasteiger charge is 2.56.